The molecule has 0 amide bonds. The Morgan fingerprint density at radius 3 is 2.57 bits per heavy atom. The van der Waals surface area contributed by atoms with Crippen LogP contribution in [-0.2, 0) is 0 Å². The van der Waals surface area contributed by atoms with Crippen LogP contribution in [0.5, 0.6) is 0 Å². The van der Waals surface area contributed by atoms with Crippen LogP contribution in [0.25, 0.3) is 0 Å². The third-order valence-electron chi connectivity index (χ3n) is 0.653. The van der Waals surface area contributed by atoms with Gasteiger partial charge in [0, 0.05) is 6.42 Å². The van der Waals surface area contributed by atoms with Crippen LogP contribution in [0.2, 0.25) is 0 Å². The topological polar surface area (TPSA) is 49.9 Å². The van der Waals surface area contributed by atoms with Crippen molar-refractivity contribution in [3.63, 3.8) is 0 Å². The van der Waals surface area contributed by atoms with Gasteiger partial charge in [0.15, 0.2) is 0 Å². The van der Waals surface area contributed by atoms with Gasteiger partial charge in [0.2, 0.25) is 0 Å². The second kappa shape index (κ2) is 3.65. The molecule has 3 N–H and O–H groups in total. The third kappa shape index (κ3) is 5.47. The minimum Gasteiger partial charge on any atom is -0.388 e. The lowest BCUT2D eigenvalue weighted by Gasteiger charge is -1.89. The summed E-state index contributed by atoms with van der Waals surface area (Å²) in [5, 5.41) is 6.74. The summed E-state index contributed by atoms with van der Waals surface area (Å²) in [7, 11) is 0. The van der Waals surface area contributed by atoms with Gasteiger partial charge < -0.3 is 5.73 Å². The lowest BCUT2D eigenvalue weighted by Crippen LogP contribution is -2.08. The zero-order valence-corrected chi connectivity index (χ0v) is 4.57. The summed E-state index contributed by atoms with van der Waals surface area (Å²) in [4.78, 5) is 0. The Hall–Kier alpha value is -0.530. The predicted molar refractivity (Wildman–Crippen MR) is 31.1 cm³/mol. The maximum atomic E-state index is 6.74. The minimum absolute atomic E-state index is 0.252. The monoisotopic (exact) mass is 99.1 g/mol. The molecule has 0 aromatic rings. The number of unbranched alkanes of at least 4 members (excludes halogenated alkanes) is 1. The Morgan fingerprint density at radius 1 is 1.86 bits per heavy atom. The number of nitrogens with two attached hydrogens (primary N) is 1. The molecular formula is C5H11N2. The van der Waals surface area contributed by atoms with E-state index in [2.05, 4.69) is 0 Å². The fraction of sp³-hybridized carbons (Fsp3) is 0.600. The second-order valence-corrected chi connectivity index (χ2v) is 1.43. The molecule has 0 bridgehead atoms. The van der Waals surface area contributed by atoms with Crippen molar-refractivity contribution >= 4 is 5.84 Å². The Kier molecular flexibility index (Phi) is 3.38. The van der Waals surface area contributed by atoms with E-state index in [1.54, 1.807) is 0 Å². The molecule has 0 heterocycles. The molecule has 0 rings (SSSR count). The summed E-state index contributed by atoms with van der Waals surface area (Å²) in [6.45, 7) is 2.03. The summed E-state index contributed by atoms with van der Waals surface area (Å²) in [5.74, 6) is 0.252. The maximum absolute atomic E-state index is 6.74. The van der Waals surface area contributed by atoms with Crippen molar-refractivity contribution in [1.29, 1.82) is 5.41 Å². The molecule has 0 atom stereocenters. The Balaban J connectivity index is 2.82. The van der Waals surface area contributed by atoms with Crippen molar-refractivity contribution in [2.24, 2.45) is 5.73 Å². The van der Waals surface area contributed by atoms with Gasteiger partial charge in [0.05, 0.1) is 5.84 Å². The zero-order chi connectivity index (χ0) is 5.70. The van der Waals surface area contributed by atoms with E-state index in [9.17, 15) is 0 Å². The van der Waals surface area contributed by atoms with Gasteiger partial charge >= 0.3 is 0 Å². The van der Waals surface area contributed by atoms with Gasteiger partial charge in [-0.25, -0.2) is 0 Å². The van der Waals surface area contributed by atoms with Crippen LogP contribution >= 0.6 is 0 Å². The van der Waals surface area contributed by atoms with Gasteiger partial charge in [0.25, 0.3) is 0 Å². The maximum Gasteiger partial charge on any atom is 0.0908 e. The normalized spacial score (nSPS) is 8.71. The van der Waals surface area contributed by atoms with Gasteiger partial charge in [-0.2, -0.15) is 0 Å². The summed E-state index contributed by atoms with van der Waals surface area (Å²) >= 11 is 0. The number of hydrogen-bond donors (Lipinski definition) is 2. The van der Waals surface area contributed by atoms with Gasteiger partial charge in [-0.3, -0.25) is 5.41 Å². The summed E-state index contributed by atoms with van der Waals surface area (Å²) in [5.41, 5.74) is 5.03. The molecule has 0 saturated carbocycles. The van der Waals surface area contributed by atoms with E-state index in [0.717, 1.165) is 6.42 Å². The molecule has 7 heavy (non-hydrogen) atoms. The summed E-state index contributed by atoms with van der Waals surface area (Å²) in [6.07, 6.45) is 3.61. The van der Waals surface area contributed by atoms with Crippen LogP contribution in [0.15, 0.2) is 0 Å². The summed E-state index contributed by atoms with van der Waals surface area (Å²) < 4.78 is 0. The Morgan fingerprint density at radius 2 is 2.43 bits per heavy atom. The van der Waals surface area contributed by atoms with E-state index in [1.807, 2.05) is 13.3 Å². The molecule has 1 radical (unpaired) electrons. The molecule has 0 saturated heterocycles. The van der Waals surface area contributed by atoms with E-state index in [4.69, 9.17) is 11.1 Å². The van der Waals surface area contributed by atoms with E-state index >= 15 is 0 Å². The van der Waals surface area contributed by atoms with Gasteiger partial charge in [0.1, 0.15) is 0 Å². The zero-order valence-electron chi connectivity index (χ0n) is 4.57. The molecule has 0 unspecified atom stereocenters. The first-order chi connectivity index (χ1) is 3.27. The Labute approximate surface area is 44.2 Å². The van der Waals surface area contributed by atoms with Crippen LogP contribution in [0.4, 0.5) is 0 Å². The van der Waals surface area contributed by atoms with Gasteiger partial charge in [-0.1, -0.05) is 13.3 Å². The molecule has 2 nitrogen and oxygen atoms in total. The van der Waals surface area contributed by atoms with Crippen molar-refractivity contribution in [3.8, 4) is 0 Å². The van der Waals surface area contributed by atoms with Crippen molar-refractivity contribution in [2.45, 2.75) is 19.8 Å². The molecule has 41 valence electrons. The average molecular weight is 99.2 g/mol. The van der Waals surface area contributed by atoms with E-state index < -0.39 is 0 Å². The van der Waals surface area contributed by atoms with E-state index in [0.29, 0.717) is 6.42 Å². The summed E-state index contributed by atoms with van der Waals surface area (Å²) in [6, 6.07) is 0. The van der Waals surface area contributed by atoms with Gasteiger partial charge in [-0.15, -0.1) is 0 Å². The lowest BCUT2D eigenvalue weighted by molar-refractivity contribution is 1.03. The SMILES string of the molecule is CC[CH]CC(=N)N. The van der Waals surface area contributed by atoms with Gasteiger partial charge in [-0.05, 0) is 6.42 Å². The molecular weight excluding hydrogens is 88.1 g/mol. The van der Waals surface area contributed by atoms with Crippen molar-refractivity contribution in [1.82, 2.24) is 0 Å². The minimum atomic E-state index is 0.252. The van der Waals surface area contributed by atoms with E-state index in [1.165, 1.54) is 0 Å². The fourth-order valence-corrected chi connectivity index (χ4v) is 0.300. The highest BCUT2D eigenvalue weighted by atomic mass is 14.7. The fourth-order valence-electron chi connectivity index (χ4n) is 0.300. The number of amidine groups is 1. The highest BCUT2D eigenvalue weighted by Crippen LogP contribution is 1.88. The number of hydrogen-bond acceptors (Lipinski definition) is 1. The average Bonchev–Trinajstić information content (AvgIpc) is 1.61. The number of nitrogens with one attached hydrogen (secondary N) is 1. The predicted octanol–water partition coefficient (Wildman–Crippen LogP) is 0.927. The first-order valence-electron chi connectivity index (χ1n) is 2.42. The highest BCUT2D eigenvalue weighted by Gasteiger charge is 1.84. The Bertz CT molecular complexity index is 59.1. The van der Waals surface area contributed by atoms with Crippen LogP contribution in [0.3, 0.4) is 0 Å². The van der Waals surface area contributed by atoms with Crippen LogP contribution in [0, 0.1) is 11.8 Å². The molecule has 0 aliphatic heterocycles. The van der Waals surface area contributed by atoms with Crippen molar-refractivity contribution < 1.29 is 0 Å². The van der Waals surface area contributed by atoms with Crippen LogP contribution in [0.1, 0.15) is 19.8 Å². The first-order valence-corrected chi connectivity index (χ1v) is 2.42. The van der Waals surface area contributed by atoms with Crippen LogP contribution in [-0.4, -0.2) is 5.84 Å². The molecule has 0 aliphatic carbocycles. The smallest absolute Gasteiger partial charge is 0.0908 e. The van der Waals surface area contributed by atoms with Crippen molar-refractivity contribution in [2.75, 3.05) is 0 Å². The molecule has 0 aliphatic rings. The van der Waals surface area contributed by atoms with E-state index in [-0.39, 0.29) is 5.84 Å². The molecule has 0 fully saturated rings. The quantitative estimate of drug-likeness (QED) is 0.401. The second-order valence-electron chi connectivity index (χ2n) is 1.43. The largest absolute Gasteiger partial charge is 0.388 e. The lowest BCUT2D eigenvalue weighted by atomic mass is 10.2. The molecule has 0 spiro atoms. The molecule has 0 aromatic heterocycles. The molecule has 2 heteroatoms. The number of rotatable bonds is 3. The third-order valence-corrected chi connectivity index (χ3v) is 0.653. The molecule has 0 aromatic carbocycles. The standard InChI is InChI=1S/C5H11N2/c1-2-3-4-5(6)7/h3H,2,4H2,1H3,(H3,6,7). The van der Waals surface area contributed by atoms with Crippen LogP contribution < -0.4 is 5.73 Å². The highest BCUT2D eigenvalue weighted by molar-refractivity contribution is 5.77. The first kappa shape index (κ1) is 6.47. The van der Waals surface area contributed by atoms with Crippen molar-refractivity contribution in [3.05, 3.63) is 6.42 Å².